The predicted molar refractivity (Wildman–Crippen MR) is 86.5 cm³/mol. The first-order valence-electron chi connectivity index (χ1n) is 6.61. The molecule has 0 saturated heterocycles. The van der Waals surface area contributed by atoms with Gasteiger partial charge in [0.05, 0.1) is 5.02 Å². The van der Waals surface area contributed by atoms with Crippen LogP contribution in [0.4, 0.5) is 0 Å². The fourth-order valence-corrected chi connectivity index (χ4v) is 3.61. The Morgan fingerprint density at radius 1 is 1.10 bits per heavy atom. The van der Waals surface area contributed by atoms with Crippen LogP contribution in [0.5, 0.6) is 0 Å². The fourth-order valence-electron chi connectivity index (χ4n) is 2.14. The molecule has 0 aliphatic rings. The summed E-state index contributed by atoms with van der Waals surface area (Å²) >= 11 is 8.17. The highest BCUT2D eigenvalue weighted by Gasteiger charge is 2.08. The molecule has 0 radical (unpaired) electrons. The molecule has 3 rings (SSSR count). The Labute approximate surface area is 127 Å². The first-order chi connectivity index (χ1) is 9.84. The van der Waals surface area contributed by atoms with Gasteiger partial charge in [-0.15, -0.1) is 11.3 Å². The Bertz CT molecular complexity index is 694. The van der Waals surface area contributed by atoms with E-state index < -0.39 is 0 Å². The van der Waals surface area contributed by atoms with E-state index in [1.165, 1.54) is 9.58 Å². The maximum atomic E-state index is 6.41. The summed E-state index contributed by atoms with van der Waals surface area (Å²) in [6, 6.07) is 14.3. The molecule has 0 spiro atoms. The number of nitrogens with one attached hydrogen (secondary N) is 1. The van der Waals surface area contributed by atoms with Crippen LogP contribution in [0.3, 0.4) is 0 Å². The first-order valence-corrected chi connectivity index (χ1v) is 7.80. The van der Waals surface area contributed by atoms with Gasteiger partial charge in [-0.05, 0) is 18.2 Å². The van der Waals surface area contributed by atoms with Crippen molar-refractivity contribution in [3.05, 3.63) is 64.3 Å². The van der Waals surface area contributed by atoms with E-state index in [4.69, 9.17) is 11.6 Å². The summed E-state index contributed by atoms with van der Waals surface area (Å²) in [7, 11) is 0. The van der Waals surface area contributed by atoms with Gasteiger partial charge in [0.2, 0.25) is 0 Å². The van der Waals surface area contributed by atoms with Crippen LogP contribution in [0.25, 0.3) is 10.1 Å². The lowest BCUT2D eigenvalue weighted by atomic mass is 10.2. The molecule has 102 valence electrons. The number of hydrogen-bond donors (Lipinski definition) is 1. The largest absolute Gasteiger partial charge is 0.311 e. The van der Waals surface area contributed by atoms with Gasteiger partial charge in [-0.2, -0.15) is 0 Å². The number of fused-ring (bicyclic) bond motifs is 1. The van der Waals surface area contributed by atoms with E-state index in [9.17, 15) is 0 Å². The SMILES string of the molecule is Clc1c(CNCCc2ccccn2)sc2ccccc12. The van der Waals surface area contributed by atoms with Gasteiger partial charge in [0.25, 0.3) is 0 Å². The highest BCUT2D eigenvalue weighted by atomic mass is 35.5. The van der Waals surface area contributed by atoms with Crippen LogP contribution in [0.15, 0.2) is 48.7 Å². The Balaban J connectivity index is 1.59. The third-order valence-electron chi connectivity index (χ3n) is 3.17. The maximum Gasteiger partial charge on any atom is 0.0636 e. The van der Waals surface area contributed by atoms with E-state index in [-0.39, 0.29) is 0 Å². The molecular weight excluding hydrogens is 288 g/mol. The van der Waals surface area contributed by atoms with Crippen LogP contribution >= 0.6 is 22.9 Å². The van der Waals surface area contributed by atoms with Crippen molar-refractivity contribution < 1.29 is 0 Å². The number of halogens is 1. The molecule has 1 N–H and O–H groups in total. The quantitative estimate of drug-likeness (QED) is 0.712. The van der Waals surface area contributed by atoms with Crippen molar-refractivity contribution in [2.75, 3.05) is 6.54 Å². The van der Waals surface area contributed by atoms with Gasteiger partial charge in [-0.3, -0.25) is 4.98 Å². The number of benzene rings is 1. The van der Waals surface area contributed by atoms with E-state index in [2.05, 4.69) is 22.4 Å². The summed E-state index contributed by atoms with van der Waals surface area (Å²) in [5, 5.41) is 5.48. The zero-order valence-electron chi connectivity index (χ0n) is 11.0. The van der Waals surface area contributed by atoms with Crippen molar-refractivity contribution in [1.82, 2.24) is 10.3 Å². The minimum Gasteiger partial charge on any atom is -0.311 e. The van der Waals surface area contributed by atoms with Crippen LogP contribution < -0.4 is 5.32 Å². The molecular formula is C16H15ClN2S. The third kappa shape index (κ3) is 3.01. The second kappa shape index (κ2) is 6.35. The van der Waals surface area contributed by atoms with Gasteiger partial charge in [0, 0.05) is 46.4 Å². The van der Waals surface area contributed by atoms with Gasteiger partial charge in [-0.25, -0.2) is 0 Å². The molecule has 0 aliphatic carbocycles. The van der Waals surface area contributed by atoms with Crippen molar-refractivity contribution >= 4 is 33.0 Å². The van der Waals surface area contributed by atoms with Crippen molar-refractivity contribution in [1.29, 1.82) is 0 Å². The molecule has 1 aromatic carbocycles. The van der Waals surface area contributed by atoms with Gasteiger partial charge in [0.15, 0.2) is 0 Å². The minimum absolute atomic E-state index is 0.811. The molecule has 0 aliphatic heterocycles. The van der Waals surface area contributed by atoms with Crippen LogP contribution in [-0.4, -0.2) is 11.5 Å². The average Bonchev–Trinajstić information content (AvgIpc) is 2.82. The molecule has 0 saturated carbocycles. The summed E-state index contributed by atoms with van der Waals surface area (Å²) < 4.78 is 1.25. The van der Waals surface area contributed by atoms with Crippen molar-refractivity contribution in [3.63, 3.8) is 0 Å². The Morgan fingerprint density at radius 2 is 1.95 bits per heavy atom. The lowest BCUT2D eigenvalue weighted by Gasteiger charge is -2.03. The van der Waals surface area contributed by atoms with E-state index in [1.54, 1.807) is 11.3 Å². The van der Waals surface area contributed by atoms with Crippen molar-refractivity contribution in [2.24, 2.45) is 0 Å². The number of pyridine rings is 1. The summed E-state index contributed by atoms with van der Waals surface area (Å²) in [5.41, 5.74) is 1.11. The highest BCUT2D eigenvalue weighted by Crippen LogP contribution is 2.34. The van der Waals surface area contributed by atoms with Crippen LogP contribution in [0, 0.1) is 0 Å². The smallest absolute Gasteiger partial charge is 0.0636 e. The molecule has 2 nitrogen and oxygen atoms in total. The Hall–Kier alpha value is -1.42. The number of aromatic nitrogens is 1. The Morgan fingerprint density at radius 3 is 2.75 bits per heavy atom. The van der Waals surface area contributed by atoms with Crippen molar-refractivity contribution in [2.45, 2.75) is 13.0 Å². The van der Waals surface area contributed by atoms with Crippen LogP contribution in [0.1, 0.15) is 10.6 Å². The molecule has 20 heavy (non-hydrogen) atoms. The van der Waals surface area contributed by atoms with Crippen molar-refractivity contribution in [3.8, 4) is 0 Å². The topological polar surface area (TPSA) is 24.9 Å². The number of nitrogens with zero attached hydrogens (tertiary/aromatic N) is 1. The molecule has 3 aromatic rings. The fraction of sp³-hybridized carbons (Fsp3) is 0.188. The standard InChI is InChI=1S/C16H15ClN2S/c17-16-13-6-1-2-7-14(13)20-15(16)11-18-10-8-12-5-3-4-9-19-12/h1-7,9,18H,8,10-11H2. The van der Waals surface area contributed by atoms with E-state index >= 15 is 0 Å². The molecule has 0 atom stereocenters. The summed E-state index contributed by atoms with van der Waals surface area (Å²) in [4.78, 5) is 5.51. The normalized spacial score (nSPS) is 11.1. The van der Waals surface area contributed by atoms with Crippen LogP contribution in [-0.2, 0) is 13.0 Å². The molecule has 0 unspecified atom stereocenters. The van der Waals surface area contributed by atoms with E-state index in [0.29, 0.717) is 0 Å². The Kier molecular flexibility index (Phi) is 4.31. The molecule has 4 heteroatoms. The molecule has 2 heterocycles. The number of rotatable bonds is 5. The number of hydrogen-bond acceptors (Lipinski definition) is 3. The lowest BCUT2D eigenvalue weighted by Crippen LogP contribution is -2.16. The highest BCUT2D eigenvalue weighted by molar-refractivity contribution is 7.19. The zero-order valence-corrected chi connectivity index (χ0v) is 12.5. The zero-order chi connectivity index (χ0) is 13.8. The molecule has 0 bridgehead atoms. The van der Waals surface area contributed by atoms with Gasteiger partial charge >= 0.3 is 0 Å². The summed E-state index contributed by atoms with van der Waals surface area (Å²) in [6.07, 6.45) is 2.77. The molecule has 0 amide bonds. The van der Waals surface area contributed by atoms with Gasteiger partial charge in [0.1, 0.15) is 0 Å². The lowest BCUT2D eigenvalue weighted by molar-refractivity contribution is 0.686. The second-order valence-electron chi connectivity index (χ2n) is 4.58. The monoisotopic (exact) mass is 302 g/mol. The first kappa shape index (κ1) is 13.6. The molecule has 0 fully saturated rings. The van der Waals surface area contributed by atoms with E-state index in [0.717, 1.165) is 35.6 Å². The summed E-state index contributed by atoms with van der Waals surface area (Å²) in [6.45, 7) is 1.71. The third-order valence-corrected chi connectivity index (χ3v) is 4.89. The minimum atomic E-state index is 0.811. The van der Waals surface area contributed by atoms with Crippen LogP contribution in [0.2, 0.25) is 5.02 Å². The predicted octanol–water partition coefficient (Wildman–Crippen LogP) is 4.28. The number of thiophene rings is 1. The second-order valence-corrected chi connectivity index (χ2v) is 6.10. The van der Waals surface area contributed by atoms with Gasteiger partial charge < -0.3 is 5.32 Å². The maximum absolute atomic E-state index is 6.41. The summed E-state index contributed by atoms with van der Waals surface area (Å²) in [5.74, 6) is 0. The molecule has 2 aromatic heterocycles. The van der Waals surface area contributed by atoms with E-state index in [1.807, 2.05) is 36.5 Å². The van der Waals surface area contributed by atoms with Gasteiger partial charge in [-0.1, -0.05) is 35.9 Å². The average molecular weight is 303 g/mol.